The maximum absolute atomic E-state index is 4.45. The molecule has 1 aliphatic carbocycles. The van der Waals surface area contributed by atoms with Crippen LogP contribution in [0.1, 0.15) is 63.6 Å². The van der Waals surface area contributed by atoms with Gasteiger partial charge in [-0.05, 0) is 18.8 Å². The van der Waals surface area contributed by atoms with Crippen molar-refractivity contribution in [1.82, 2.24) is 9.55 Å². The smallest absolute Gasteiger partial charge is 0.0952 e. The summed E-state index contributed by atoms with van der Waals surface area (Å²) in [6.07, 6.45) is 11.1. The monoisotopic (exact) mass is 192 g/mol. The summed E-state index contributed by atoms with van der Waals surface area (Å²) < 4.78 is 2.33. The molecular formula is C12H20N2. The maximum Gasteiger partial charge on any atom is 0.0952 e. The Bertz CT molecular complexity index is 282. The third kappa shape index (κ3) is 1.99. The molecule has 0 aromatic carbocycles. The van der Waals surface area contributed by atoms with Gasteiger partial charge in [-0.15, -0.1) is 0 Å². The summed E-state index contributed by atoms with van der Waals surface area (Å²) in [7, 11) is 0. The van der Waals surface area contributed by atoms with Crippen molar-refractivity contribution in [1.29, 1.82) is 0 Å². The zero-order chi connectivity index (χ0) is 9.97. The minimum Gasteiger partial charge on any atom is -0.334 e. The van der Waals surface area contributed by atoms with E-state index < -0.39 is 0 Å². The second kappa shape index (κ2) is 4.16. The highest BCUT2D eigenvalue weighted by Crippen LogP contribution is 2.28. The van der Waals surface area contributed by atoms with Crippen LogP contribution in [0.3, 0.4) is 0 Å². The topological polar surface area (TPSA) is 17.8 Å². The van der Waals surface area contributed by atoms with E-state index in [9.17, 15) is 0 Å². The first kappa shape index (κ1) is 9.75. The molecule has 1 saturated carbocycles. The summed E-state index contributed by atoms with van der Waals surface area (Å²) in [4.78, 5) is 4.45. The van der Waals surface area contributed by atoms with Crippen LogP contribution in [0.4, 0.5) is 0 Å². The molecule has 1 aromatic heterocycles. The van der Waals surface area contributed by atoms with E-state index in [0.717, 1.165) is 6.04 Å². The molecule has 2 heteroatoms. The first-order valence-corrected chi connectivity index (χ1v) is 5.80. The van der Waals surface area contributed by atoms with Crippen molar-refractivity contribution >= 4 is 0 Å². The van der Waals surface area contributed by atoms with Crippen LogP contribution < -0.4 is 0 Å². The summed E-state index contributed by atoms with van der Waals surface area (Å²) in [5.41, 5.74) is 1.23. The van der Waals surface area contributed by atoms with E-state index >= 15 is 0 Å². The average Bonchev–Trinajstić information content (AvgIpc) is 2.68. The average molecular weight is 192 g/mol. The van der Waals surface area contributed by atoms with Crippen molar-refractivity contribution in [3.8, 4) is 0 Å². The van der Waals surface area contributed by atoms with Crippen molar-refractivity contribution in [2.45, 2.75) is 57.9 Å². The lowest BCUT2D eigenvalue weighted by atomic mass is 9.95. The molecule has 1 fully saturated rings. The Morgan fingerprint density at radius 3 is 2.57 bits per heavy atom. The molecule has 0 aliphatic heterocycles. The van der Waals surface area contributed by atoms with Crippen LogP contribution in [-0.2, 0) is 0 Å². The number of hydrogen-bond donors (Lipinski definition) is 0. The van der Waals surface area contributed by atoms with Gasteiger partial charge >= 0.3 is 0 Å². The molecule has 2 nitrogen and oxygen atoms in total. The first-order chi connectivity index (χ1) is 6.77. The summed E-state index contributed by atoms with van der Waals surface area (Å²) in [5, 5.41) is 0. The summed E-state index contributed by atoms with van der Waals surface area (Å²) in [6, 6.07) is 0.726. The van der Waals surface area contributed by atoms with E-state index in [-0.39, 0.29) is 0 Å². The number of rotatable bonds is 2. The molecule has 0 radical (unpaired) electrons. The summed E-state index contributed by atoms with van der Waals surface area (Å²) in [6.45, 7) is 4.40. The quantitative estimate of drug-likeness (QED) is 0.701. The molecule has 1 aliphatic rings. The number of hydrogen-bond acceptors (Lipinski definition) is 1. The first-order valence-electron chi connectivity index (χ1n) is 5.80. The lowest BCUT2D eigenvalue weighted by Gasteiger charge is -2.22. The van der Waals surface area contributed by atoms with Crippen LogP contribution in [0.15, 0.2) is 12.5 Å². The Kier molecular flexibility index (Phi) is 2.90. The number of aromatic nitrogens is 2. The van der Waals surface area contributed by atoms with Gasteiger partial charge in [0.15, 0.2) is 0 Å². The minimum absolute atomic E-state index is 0.555. The van der Waals surface area contributed by atoms with Gasteiger partial charge in [0, 0.05) is 12.2 Å². The Balaban J connectivity index is 2.07. The molecule has 0 bridgehead atoms. The molecule has 78 valence electrons. The minimum atomic E-state index is 0.555. The van der Waals surface area contributed by atoms with Gasteiger partial charge in [0.1, 0.15) is 0 Å². The third-order valence-electron chi connectivity index (χ3n) is 3.21. The van der Waals surface area contributed by atoms with Crippen molar-refractivity contribution in [3.63, 3.8) is 0 Å². The molecular weight excluding hydrogens is 172 g/mol. The molecule has 1 heterocycles. The van der Waals surface area contributed by atoms with Crippen LogP contribution in [0, 0.1) is 0 Å². The van der Waals surface area contributed by atoms with Crippen molar-refractivity contribution < 1.29 is 0 Å². The summed E-state index contributed by atoms with van der Waals surface area (Å²) >= 11 is 0. The molecule has 2 rings (SSSR count). The molecule has 0 N–H and O–H groups in total. The van der Waals surface area contributed by atoms with Gasteiger partial charge in [-0.3, -0.25) is 0 Å². The van der Waals surface area contributed by atoms with Crippen LogP contribution in [0.2, 0.25) is 0 Å². The van der Waals surface area contributed by atoms with Crippen LogP contribution in [0.25, 0.3) is 0 Å². The van der Waals surface area contributed by atoms with Crippen molar-refractivity contribution in [2.24, 2.45) is 0 Å². The molecule has 0 amide bonds. The van der Waals surface area contributed by atoms with Gasteiger partial charge in [-0.1, -0.05) is 33.1 Å². The normalized spacial score (nSPS) is 19.1. The molecule has 0 spiro atoms. The van der Waals surface area contributed by atoms with E-state index in [0.29, 0.717) is 5.92 Å². The second-order valence-electron chi connectivity index (χ2n) is 4.69. The zero-order valence-electron chi connectivity index (χ0n) is 9.24. The largest absolute Gasteiger partial charge is 0.334 e. The van der Waals surface area contributed by atoms with E-state index in [1.54, 1.807) is 0 Å². The fourth-order valence-electron chi connectivity index (χ4n) is 2.23. The van der Waals surface area contributed by atoms with E-state index in [4.69, 9.17) is 0 Å². The van der Waals surface area contributed by atoms with E-state index in [1.165, 1.54) is 37.8 Å². The highest BCUT2D eigenvalue weighted by atomic mass is 15.1. The Labute approximate surface area is 86.3 Å². The lowest BCUT2D eigenvalue weighted by molar-refractivity contribution is 0.353. The van der Waals surface area contributed by atoms with Gasteiger partial charge in [0.25, 0.3) is 0 Å². The third-order valence-corrected chi connectivity index (χ3v) is 3.21. The molecule has 0 unspecified atom stereocenters. The van der Waals surface area contributed by atoms with Crippen molar-refractivity contribution in [2.75, 3.05) is 0 Å². The molecule has 14 heavy (non-hydrogen) atoms. The van der Waals surface area contributed by atoms with Crippen LogP contribution in [-0.4, -0.2) is 9.55 Å². The Morgan fingerprint density at radius 2 is 2.00 bits per heavy atom. The number of imidazole rings is 1. The number of nitrogens with zero attached hydrogens (tertiary/aromatic N) is 2. The lowest BCUT2D eigenvalue weighted by Crippen LogP contribution is -2.10. The summed E-state index contributed by atoms with van der Waals surface area (Å²) in [5.74, 6) is 0.555. The maximum atomic E-state index is 4.45. The second-order valence-corrected chi connectivity index (χ2v) is 4.69. The van der Waals surface area contributed by atoms with Gasteiger partial charge in [-0.2, -0.15) is 0 Å². The van der Waals surface area contributed by atoms with Gasteiger partial charge in [0.05, 0.1) is 12.0 Å². The Morgan fingerprint density at radius 1 is 1.29 bits per heavy atom. The molecule has 1 aromatic rings. The SMILES string of the molecule is CC(C)c1cn(C2CCCCC2)cn1. The van der Waals surface area contributed by atoms with Crippen molar-refractivity contribution in [3.05, 3.63) is 18.2 Å². The van der Waals surface area contributed by atoms with E-state index in [1.807, 2.05) is 6.33 Å². The highest BCUT2D eigenvalue weighted by molar-refractivity contribution is 5.03. The Hall–Kier alpha value is -0.790. The standard InChI is InChI=1S/C12H20N2/c1-10(2)12-8-14(9-13-12)11-6-4-3-5-7-11/h8-11H,3-7H2,1-2H3. The van der Waals surface area contributed by atoms with E-state index in [2.05, 4.69) is 29.6 Å². The fourth-order valence-corrected chi connectivity index (χ4v) is 2.23. The van der Waals surface area contributed by atoms with Gasteiger partial charge in [-0.25, -0.2) is 4.98 Å². The predicted molar refractivity (Wildman–Crippen MR) is 58.4 cm³/mol. The fraction of sp³-hybridized carbons (Fsp3) is 0.750. The van der Waals surface area contributed by atoms with Crippen LogP contribution >= 0.6 is 0 Å². The zero-order valence-corrected chi connectivity index (χ0v) is 9.24. The van der Waals surface area contributed by atoms with Crippen LogP contribution in [0.5, 0.6) is 0 Å². The predicted octanol–water partition coefficient (Wildman–Crippen LogP) is 3.51. The van der Waals surface area contributed by atoms with Gasteiger partial charge in [0.2, 0.25) is 0 Å². The molecule has 0 atom stereocenters. The van der Waals surface area contributed by atoms with Gasteiger partial charge < -0.3 is 4.57 Å². The molecule has 0 saturated heterocycles. The highest BCUT2D eigenvalue weighted by Gasteiger charge is 2.15.